The molecular formula is C19H23FN2O2. The lowest BCUT2D eigenvalue weighted by atomic mass is 10.0. The van der Waals surface area contributed by atoms with Crippen molar-refractivity contribution in [3.63, 3.8) is 0 Å². The molecule has 24 heavy (non-hydrogen) atoms. The van der Waals surface area contributed by atoms with Crippen LogP contribution in [0.1, 0.15) is 38.5 Å². The van der Waals surface area contributed by atoms with E-state index < -0.39 is 0 Å². The van der Waals surface area contributed by atoms with Gasteiger partial charge in [-0.2, -0.15) is 0 Å². The average Bonchev–Trinajstić information content (AvgIpc) is 2.93. The van der Waals surface area contributed by atoms with Crippen LogP contribution < -0.4 is 5.32 Å². The Morgan fingerprint density at radius 2 is 2.04 bits per heavy atom. The molecule has 0 unspecified atom stereocenters. The van der Waals surface area contributed by atoms with Crippen LogP contribution in [-0.4, -0.2) is 29.8 Å². The lowest BCUT2D eigenvalue weighted by Gasteiger charge is -2.20. The predicted molar refractivity (Wildman–Crippen MR) is 88.7 cm³/mol. The van der Waals surface area contributed by atoms with Crippen LogP contribution in [0.4, 0.5) is 10.1 Å². The summed E-state index contributed by atoms with van der Waals surface area (Å²) >= 11 is 0. The number of benzene rings is 1. The van der Waals surface area contributed by atoms with E-state index in [1.54, 1.807) is 12.1 Å². The second-order valence-electron chi connectivity index (χ2n) is 7.61. The number of anilines is 1. The van der Waals surface area contributed by atoms with Crippen molar-refractivity contribution >= 4 is 17.5 Å². The normalized spacial score (nSPS) is 29.2. The molecule has 2 saturated carbocycles. The molecule has 128 valence electrons. The minimum Gasteiger partial charge on any atom is -0.342 e. The number of nitrogens with one attached hydrogen (secondary N) is 1. The minimum atomic E-state index is -0.354. The fourth-order valence-electron chi connectivity index (χ4n) is 4.48. The molecule has 3 aliphatic rings. The number of halogens is 1. The van der Waals surface area contributed by atoms with Crippen LogP contribution >= 0.6 is 0 Å². The highest BCUT2D eigenvalue weighted by molar-refractivity contribution is 5.95. The third-order valence-electron chi connectivity index (χ3n) is 6.00. The van der Waals surface area contributed by atoms with Crippen LogP contribution in [-0.2, 0) is 9.59 Å². The van der Waals surface area contributed by atoms with Crippen LogP contribution in [0.15, 0.2) is 24.3 Å². The summed E-state index contributed by atoms with van der Waals surface area (Å²) < 4.78 is 13.2. The summed E-state index contributed by atoms with van der Waals surface area (Å²) in [6.45, 7) is 1.49. The number of nitrogens with zero attached hydrogens (tertiary/aromatic N) is 1. The molecule has 1 aliphatic heterocycles. The highest BCUT2D eigenvalue weighted by Crippen LogP contribution is 2.59. The maximum Gasteiger partial charge on any atom is 0.228 e. The van der Waals surface area contributed by atoms with Gasteiger partial charge in [0, 0.05) is 36.0 Å². The molecule has 1 saturated heterocycles. The van der Waals surface area contributed by atoms with Gasteiger partial charge in [0.2, 0.25) is 11.8 Å². The summed E-state index contributed by atoms with van der Waals surface area (Å²) in [6.07, 6.45) is 6.11. The molecule has 1 N–H and O–H groups in total. The Hall–Kier alpha value is -1.91. The molecule has 1 aromatic carbocycles. The van der Waals surface area contributed by atoms with Crippen LogP contribution in [0, 0.1) is 23.1 Å². The molecule has 4 rings (SSSR count). The Kier molecular flexibility index (Phi) is 3.82. The second kappa shape index (κ2) is 5.87. The molecule has 0 radical (unpaired) electrons. The van der Waals surface area contributed by atoms with Gasteiger partial charge in [-0.15, -0.1) is 0 Å². The summed E-state index contributed by atoms with van der Waals surface area (Å²) in [7, 11) is 0. The Balaban J connectivity index is 1.35. The van der Waals surface area contributed by atoms with Gasteiger partial charge in [-0.3, -0.25) is 9.59 Å². The van der Waals surface area contributed by atoms with E-state index in [4.69, 9.17) is 0 Å². The van der Waals surface area contributed by atoms with E-state index >= 15 is 0 Å². The second-order valence-corrected chi connectivity index (χ2v) is 7.61. The number of amides is 2. The average molecular weight is 330 g/mol. The van der Waals surface area contributed by atoms with Gasteiger partial charge in [-0.1, -0.05) is 18.9 Å². The number of carbonyl (C=O) groups is 2. The zero-order valence-electron chi connectivity index (χ0n) is 13.8. The summed E-state index contributed by atoms with van der Waals surface area (Å²) in [5.74, 6) is 0.0458. The van der Waals surface area contributed by atoms with Crippen LogP contribution in [0.25, 0.3) is 0 Å². The molecule has 3 fully saturated rings. The van der Waals surface area contributed by atoms with E-state index in [-0.39, 0.29) is 29.0 Å². The predicted octanol–water partition coefficient (Wildman–Crippen LogP) is 3.19. The Morgan fingerprint density at radius 3 is 2.79 bits per heavy atom. The smallest absolute Gasteiger partial charge is 0.228 e. The molecule has 1 spiro atoms. The molecule has 4 nitrogen and oxygen atoms in total. The summed E-state index contributed by atoms with van der Waals surface area (Å²) in [5, 5.41) is 2.81. The summed E-state index contributed by atoms with van der Waals surface area (Å²) in [6, 6.07) is 5.97. The first-order valence-corrected chi connectivity index (χ1v) is 8.93. The van der Waals surface area contributed by atoms with Crippen molar-refractivity contribution in [1.29, 1.82) is 0 Å². The number of likely N-dealkylation sites (tertiary alicyclic amines) is 1. The van der Waals surface area contributed by atoms with Crippen molar-refractivity contribution in [3.05, 3.63) is 30.1 Å². The third-order valence-corrected chi connectivity index (χ3v) is 6.00. The van der Waals surface area contributed by atoms with Gasteiger partial charge in [0.05, 0.1) is 0 Å². The molecule has 2 atom stereocenters. The van der Waals surface area contributed by atoms with E-state index in [2.05, 4.69) is 5.32 Å². The summed E-state index contributed by atoms with van der Waals surface area (Å²) in [4.78, 5) is 27.0. The molecule has 5 heteroatoms. The van der Waals surface area contributed by atoms with Crippen LogP contribution in [0.3, 0.4) is 0 Å². The zero-order chi connectivity index (χ0) is 16.7. The first-order valence-electron chi connectivity index (χ1n) is 8.93. The van der Waals surface area contributed by atoms with Gasteiger partial charge in [-0.25, -0.2) is 4.39 Å². The molecule has 2 aliphatic carbocycles. The third kappa shape index (κ3) is 2.80. The largest absolute Gasteiger partial charge is 0.342 e. The van der Waals surface area contributed by atoms with E-state index in [0.29, 0.717) is 18.1 Å². The van der Waals surface area contributed by atoms with Crippen molar-refractivity contribution < 1.29 is 14.0 Å². The van der Waals surface area contributed by atoms with Crippen molar-refractivity contribution in [2.75, 3.05) is 18.4 Å². The fourth-order valence-corrected chi connectivity index (χ4v) is 4.48. The Bertz CT molecular complexity index is 671. The van der Waals surface area contributed by atoms with E-state index in [0.717, 1.165) is 45.1 Å². The fraction of sp³-hybridized carbons (Fsp3) is 0.579. The SMILES string of the molecule is O=C(Nc1cccc(F)c1)[C@H]1C[C@@]12CCN(C(=O)C1CCCC1)C2. The monoisotopic (exact) mass is 330 g/mol. The maximum atomic E-state index is 13.2. The Labute approximate surface area is 141 Å². The zero-order valence-corrected chi connectivity index (χ0v) is 13.8. The molecule has 1 heterocycles. The van der Waals surface area contributed by atoms with Crippen LogP contribution in [0.2, 0.25) is 0 Å². The quantitative estimate of drug-likeness (QED) is 0.925. The first kappa shape index (κ1) is 15.6. The Morgan fingerprint density at radius 1 is 1.25 bits per heavy atom. The van der Waals surface area contributed by atoms with Crippen molar-refractivity contribution in [3.8, 4) is 0 Å². The number of hydrogen-bond donors (Lipinski definition) is 1. The standard InChI is InChI=1S/C19H23FN2O2/c20-14-6-3-7-15(10-14)21-17(23)16-11-19(16)8-9-22(12-19)18(24)13-4-1-2-5-13/h3,6-7,10,13,16H,1-2,4-5,8-9,11-12H2,(H,21,23)/t16-,19-/m1/s1. The lowest BCUT2D eigenvalue weighted by Crippen LogP contribution is -2.34. The maximum absolute atomic E-state index is 13.2. The lowest BCUT2D eigenvalue weighted by molar-refractivity contribution is -0.134. The number of hydrogen-bond acceptors (Lipinski definition) is 2. The van der Waals surface area contributed by atoms with Gasteiger partial charge in [0.15, 0.2) is 0 Å². The molecule has 0 bridgehead atoms. The van der Waals surface area contributed by atoms with E-state index in [1.165, 1.54) is 12.1 Å². The van der Waals surface area contributed by atoms with Gasteiger partial charge >= 0.3 is 0 Å². The van der Waals surface area contributed by atoms with Crippen LogP contribution in [0.5, 0.6) is 0 Å². The van der Waals surface area contributed by atoms with Gasteiger partial charge in [-0.05, 0) is 43.9 Å². The number of rotatable bonds is 3. The highest BCUT2D eigenvalue weighted by atomic mass is 19.1. The van der Waals surface area contributed by atoms with Gasteiger partial charge in [0.1, 0.15) is 5.82 Å². The van der Waals surface area contributed by atoms with Crippen molar-refractivity contribution in [1.82, 2.24) is 4.90 Å². The highest BCUT2D eigenvalue weighted by Gasteiger charge is 2.61. The van der Waals surface area contributed by atoms with E-state index in [9.17, 15) is 14.0 Å². The first-order chi connectivity index (χ1) is 11.6. The molecular weight excluding hydrogens is 307 g/mol. The summed E-state index contributed by atoms with van der Waals surface area (Å²) in [5.41, 5.74) is 0.463. The van der Waals surface area contributed by atoms with Gasteiger partial charge < -0.3 is 10.2 Å². The van der Waals surface area contributed by atoms with E-state index in [1.807, 2.05) is 4.90 Å². The minimum absolute atomic E-state index is 0.0360. The molecule has 0 aromatic heterocycles. The number of carbonyl (C=O) groups excluding carboxylic acids is 2. The molecule has 1 aromatic rings. The van der Waals surface area contributed by atoms with Gasteiger partial charge in [0.25, 0.3) is 0 Å². The van der Waals surface area contributed by atoms with Crippen molar-refractivity contribution in [2.24, 2.45) is 17.3 Å². The van der Waals surface area contributed by atoms with Crippen molar-refractivity contribution in [2.45, 2.75) is 38.5 Å². The topological polar surface area (TPSA) is 49.4 Å². The molecule has 2 amide bonds.